The van der Waals surface area contributed by atoms with E-state index < -0.39 is 20.7 Å². The standard InChI is InChI=1S/C13H26B2O8/c1-10-5-13(2,3)23-15(21-10)20-9-12-8-19-14(22-12)18-7-11(6-16)17-4/h10-12,16H,5-9H2,1-4H3. The fraction of sp³-hybridized carbons (Fsp3) is 1.00. The van der Waals surface area contributed by atoms with Crippen molar-refractivity contribution in [1.82, 2.24) is 0 Å². The van der Waals surface area contributed by atoms with Crippen LogP contribution in [0.2, 0.25) is 0 Å². The third kappa shape index (κ3) is 6.32. The number of aliphatic hydroxyl groups is 1. The smallest absolute Gasteiger partial charge is 0.394 e. The Morgan fingerprint density at radius 2 is 2.04 bits per heavy atom. The number of aliphatic hydroxyl groups excluding tert-OH is 1. The van der Waals surface area contributed by atoms with E-state index in [1.165, 1.54) is 7.11 Å². The highest BCUT2D eigenvalue weighted by Gasteiger charge is 2.41. The van der Waals surface area contributed by atoms with Gasteiger partial charge in [0, 0.05) is 13.2 Å². The summed E-state index contributed by atoms with van der Waals surface area (Å²) in [7, 11) is 0.0186. The molecule has 0 spiro atoms. The van der Waals surface area contributed by atoms with Crippen LogP contribution in [-0.4, -0.2) is 77.2 Å². The second kappa shape index (κ2) is 8.77. The Morgan fingerprint density at radius 3 is 2.70 bits per heavy atom. The minimum atomic E-state index is -0.781. The number of methoxy groups -OCH3 is 1. The summed E-state index contributed by atoms with van der Waals surface area (Å²) in [5.74, 6) is 0. The molecule has 2 saturated heterocycles. The molecule has 8 nitrogen and oxygen atoms in total. The molecular formula is C13H26B2O8. The average molecular weight is 332 g/mol. The van der Waals surface area contributed by atoms with Crippen LogP contribution in [0.15, 0.2) is 0 Å². The van der Waals surface area contributed by atoms with Crippen LogP contribution in [0.4, 0.5) is 0 Å². The van der Waals surface area contributed by atoms with Crippen LogP contribution in [-0.2, 0) is 32.7 Å². The highest BCUT2D eigenvalue weighted by Crippen LogP contribution is 2.26. The van der Waals surface area contributed by atoms with Crippen molar-refractivity contribution in [1.29, 1.82) is 0 Å². The van der Waals surface area contributed by atoms with Crippen molar-refractivity contribution in [3.63, 3.8) is 0 Å². The summed E-state index contributed by atoms with van der Waals surface area (Å²) < 4.78 is 38.2. The monoisotopic (exact) mass is 332 g/mol. The van der Waals surface area contributed by atoms with Gasteiger partial charge in [0.2, 0.25) is 0 Å². The molecule has 0 radical (unpaired) electrons. The second-order valence-electron chi connectivity index (χ2n) is 6.40. The van der Waals surface area contributed by atoms with Crippen molar-refractivity contribution in [2.45, 2.75) is 51.1 Å². The van der Waals surface area contributed by atoms with Gasteiger partial charge in [0.15, 0.2) is 0 Å². The maximum Gasteiger partial charge on any atom is 0.640 e. The van der Waals surface area contributed by atoms with Gasteiger partial charge in [-0.2, -0.15) is 0 Å². The molecule has 2 fully saturated rings. The number of ether oxygens (including phenoxy) is 1. The van der Waals surface area contributed by atoms with Gasteiger partial charge in [-0.25, -0.2) is 0 Å². The summed E-state index contributed by atoms with van der Waals surface area (Å²) in [6.45, 7) is 6.71. The number of rotatable bonds is 8. The number of hydrogen-bond donors (Lipinski definition) is 1. The molecule has 3 atom stereocenters. The van der Waals surface area contributed by atoms with Gasteiger partial charge in [0.25, 0.3) is 0 Å². The molecular weight excluding hydrogens is 306 g/mol. The van der Waals surface area contributed by atoms with Crippen LogP contribution in [0, 0.1) is 0 Å². The van der Waals surface area contributed by atoms with E-state index in [4.69, 9.17) is 37.8 Å². The van der Waals surface area contributed by atoms with Gasteiger partial charge >= 0.3 is 14.6 Å². The average Bonchev–Trinajstić information content (AvgIpc) is 2.92. The minimum Gasteiger partial charge on any atom is -0.394 e. The Morgan fingerprint density at radius 1 is 1.26 bits per heavy atom. The molecule has 2 rings (SSSR count). The first-order valence-corrected chi connectivity index (χ1v) is 7.89. The van der Waals surface area contributed by atoms with Crippen LogP contribution >= 0.6 is 0 Å². The van der Waals surface area contributed by atoms with E-state index in [1.54, 1.807) is 0 Å². The first-order valence-electron chi connectivity index (χ1n) is 7.89. The summed E-state index contributed by atoms with van der Waals surface area (Å²) in [6.07, 6.45) is 0.232. The zero-order valence-corrected chi connectivity index (χ0v) is 14.2. The normalized spacial score (nSPS) is 29.1. The summed E-state index contributed by atoms with van der Waals surface area (Å²) in [5.41, 5.74) is -0.277. The molecule has 2 aliphatic rings. The highest BCUT2D eigenvalue weighted by molar-refractivity contribution is 6.37. The molecule has 0 amide bonds. The molecule has 132 valence electrons. The predicted octanol–water partition coefficient (Wildman–Crippen LogP) is 0.0161. The molecule has 2 aliphatic heterocycles. The zero-order valence-electron chi connectivity index (χ0n) is 14.2. The minimum absolute atomic E-state index is 0.0741. The fourth-order valence-corrected chi connectivity index (χ4v) is 2.50. The van der Waals surface area contributed by atoms with Gasteiger partial charge in [-0.3, -0.25) is 0 Å². The lowest BCUT2D eigenvalue weighted by molar-refractivity contribution is -0.0744. The lowest BCUT2D eigenvalue weighted by Gasteiger charge is -2.37. The first-order chi connectivity index (χ1) is 10.9. The fourth-order valence-electron chi connectivity index (χ4n) is 2.50. The van der Waals surface area contributed by atoms with Crippen LogP contribution in [0.1, 0.15) is 27.2 Å². The summed E-state index contributed by atoms with van der Waals surface area (Å²) in [6, 6.07) is 0. The van der Waals surface area contributed by atoms with E-state index in [0.717, 1.165) is 6.42 Å². The zero-order chi connectivity index (χ0) is 16.9. The van der Waals surface area contributed by atoms with Crippen molar-refractivity contribution < 1.29 is 37.8 Å². The van der Waals surface area contributed by atoms with E-state index in [1.807, 2.05) is 20.8 Å². The Kier molecular flexibility index (Phi) is 7.30. The molecule has 0 aliphatic carbocycles. The highest BCUT2D eigenvalue weighted by atomic mass is 16.8. The Balaban J connectivity index is 1.65. The van der Waals surface area contributed by atoms with Gasteiger partial charge in [-0.1, -0.05) is 0 Å². The van der Waals surface area contributed by atoms with Crippen molar-refractivity contribution in [2.75, 3.05) is 33.5 Å². The molecule has 2 heterocycles. The molecule has 0 aromatic rings. The summed E-state index contributed by atoms with van der Waals surface area (Å²) >= 11 is 0. The summed E-state index contributed by atoms with van der Waals surface area (Å²) in [4.78, 5) is 0. The SMILES string of the molecule is COC(CO)COB1OCC(COB2OC(C)CC(C)(C)O2)O1. The topological polar surface area (TPSA) is 84.8 Å². The van der Waals surface area contributed by atoms with Crippen molar-refractivity contribution in [3.05, 3.63) is 0 Å². The maximum atomic E-state index is 9.01. The van der Waals surface area contributed by atoms with Gasteiger partial charge in [-0.15, -0.1) is 0 Å². The molecule has 0 aromatic heterocycles. The second-order valence-corrected chi connectivity index (χ2v) is 6.40. The number of hydrogen-bond acceptors (Lipinski definition) is 8. The van der Waals surface area contributed by atoms with Gasteiger partial charge in [-0.05, 0) is 27.2 Å². The lowest BCUT2D eigenvalue weighted by Crippen LogP contribution is -2.48. The van der Waals surface area contributed by atoms with Crippen molar-refractivity contribution >= 4 is 14.6 Å². The van der Waals surface area contributed by atoms with Gasteiger partial charge < -0.3 is 37.8 Å². The van der Waals surface area contributed by atoms with Crippen LogP contribution in [0.3, 0.4) is 0 Å². The maximum absolute atomic E-state index is 9.01. The Labute approximate surface area is 138 Å². The Hall–Kier alpha value is -0.190. The lowest BCUT2D eigenvalue weighted by atomic mass is 9.95. The van der Waals surface area contributed by atoms with Crippen molar-refractivity contribution in [3.8, 4) is 0 Å². The van der Waals surface area contributed by atoms with Crippen LogP contribution in [0.25, 0.3) is 0 Å². The van der Waals surface area contributed by atoms with Crippen molar-refractivity contribution in [2.24, 2.45) is 0 Å². The van der Waals surface area contributed by atoms with E-state index in [0.29, 0.717) is 6.61 Å². The molecule has 3 unspecified atom stereocenters. The first kappa shape index (κ1) is 19.1. The third-order valence-electron chi connectivity index (χ3n) is 3.63. The molecule has 0 saturated carbocycles. The van der Waals surface area contributed by atoms with Gasteiger partial charge in [0.1, 0.15) is 6.10 Å². The van der Waals surface area contributed by atoms with Gasteiger partial charge in [0.05, 0.1) is 38.1 Å². The quantitative estimate of drug-likeness (QED) is 0.623. The largest absolute Gasteiger partial charge is 0.640 e. The molecule has 23 heavy (non-hydrogen) atoms. The molecule has 1 N–H and O–H groups in total. The molecule has 10 heteroatoms. The third-order valence-corrected chi connectivity index (χ3v) is 3.63. The molecule has 0 bridgehead atoms. The van der Waals surface area contributed by atoms with Crippen LogP contribution < -0.4 is 0 Å². The predicted molar refractivity (Wildman–Crippen MR) is 82.4 cm³/mol. The Bertz CT molecular complexity index is 355. The van der Waals surface area contributed by atoms with Crippen LogP contribution in [0.5, 0.6) is 0 Å². The van der Waals surface area contributed by atoms with E-state index in [2.05, 4.69) is 0 Å². The molecule has 0 aromatic carbocycles. The van der Waals surface area contributed by atoms with E-state index in [-0.39, 0.29) is 37.6 Å². The summed E-state index contributed by atoms with van der Waals surface area (Å²) in [5, 5.41) is 9.01. The van der Waals surface area contributed by atoms with E-state index >= 15 is 0 Å². The van der Waals surface area contributed by atoms with E-state index in [9.17, 15) is 0 Å².